The molecule has 0 aliphatic carbocycles. The van der Waals surface area contributed by atoms with Crippen molar-refractivity contribution in [2.45, 2.75) is 6.42 Å². The van der Waals surface area contributed by atoms with E-state index in [1.54, 1.807) is 0 Å². The molecule has 0 bridgehead atoms. The Morgan fingerprint density at radius 2 is 1.85 bits per heavy atom. The van der Waals surface area contributed by atoms with Crippen molar-refractivity contribution in [3.8, 4) is 0 Å². The van der Waals surface area contributed by atoms with Crippen LogP contribution in [0.1, 0.15) is 6.42 Å². The SMILES string of the molecule is C=C(CC(=C)C(=O)NCO)C(N)=O. The minimum absolute atomic E-state index is 0.0150. The molecule has 0 rings (SSSR count). The predicted molar refractivity (Wildman–Crippen MR) is 47.3 cm³/mol. The van der Waals surface area contributed by atoms with Crippen LogP contribution in [0, 0.1) is 0 Å². The summed E-state index contributed by atoms with van der Waals surface area (Å²) in [5.41, 5.74) is 5.14. The molecule has 13 heavy (non-hydrogen) atoms. The lowest BCUT2D eigenvalue weighted by Crippen LogP contribution is -2.26. The Morgan fingerprint density at radius 3 is 2.23 bits per heavy atom. The molecule has 2 amide bonds. The minimum atomic E-state index is -0.669. The van der Waals surface area contributed by atoms with Gasteiger partial charge in [-0.15, -0.1) is 0 Å². The van der Waals surface area contributed by atoms with Crippen molar-refractivity contribution in [3.05, 3.63) is 24.3 Å². The Morgan fingerprint density at radius 1 is 1.31 bits per heavy atom. The number of rotatable bonds is 5. The lowest BCUT2D eigenvalue weighted by atomic mass is 10.1. The first kappa shape index (κ1) is 11.4. The minimum Gasteiger partial charge on any atom is -0.376 e. The zero-order valence-electron chi connectivity index (χ0n) is 7.17. The molecule has 0 radical (unpaired) electrons. The van der Waals surface area contributed by atoms with Gasteiger partial charge in [0.2, 0.25) is 11.8 Å². The molecular weight excluding hydrogens is 172 g/mol. The molecule has 0 saturated carbocycles. The first-order chi connectivity index (χ1) is 5.99. The molecule has 72 valence electrons. The lowest BCUT2D eigenvalue weighted by molar-refractivity contribution is -0.118. The van der Waals surface area contributed by atoms with Gasteiger partial charge in [0, 0.05) is 17.6 Å². The van der Waals surface area contributed by atoms with Gasteiger partial charge in [-0.3, -0.25) is 9.59 Å². The van der Waals surface area contributed by atoms with Gasteiger partial charge in [-0.2, -0.15) is 0 Å². The van der Waals surface area contributed by atoms with Crippen LogP contribution in [0.25, 0.3) is 0 Å². The number of aliphatic hydroxyl groups is 1. The lowest BCUT2D eigenvalue weighted by Gasteiger charge is -2.04. The van der Waals surface area contributed by atoms with Gasteiger partial charge >= 0.3 is 0 Å². The smallest absolute Gasteiger partial charge is 0.248 e. The zero-order chi connectivity index (χ0) is 10.4. The van der Waals surface area contributed by atoms with Crippen molar-refractivity contribution in [1.29, 1.82) is 0 Å². The first-order valence-electron chi connectivity index (χ1n) is 3.53. The Kier molecular flexibility index (Phi) is 4.47. The molecule has 0 aromatic rings. The highest BCUT2D eigenvalue weighted by Gasteiger charge is 2.09. The average molecular weight is 184 g/mol. The van der Waals surface area contributed by atoms with Crippen molar-refractivity contribution in [3.63, 3.8) is 0 Å². The van der Waals surface area contributed by atoms with Crippen LogP contribution < -0.4 is 11.1 Å². The van der Waals surface area contributed by atoms with E-state index in [1.165, 1.54) is 0 Å². The number of nitrogens with two attached hydrogens (primary N) is 1. The Hall–Kier alpha value is -1.62. The highest BCUT2D eigenvalue weighted by atomic mass is 16.3. The molecule has 0 heterocycles. The van der Waals surface area contributed by atoms with Crippen LogP contribution in [0.15, 0.2) is 24.3 Å². The maximum atomic E-state index is 10.9. The van der Waals surface area contributed by atoms with Crippen LogP contribution in [0.4, 0.5) is 0 Å². The van der Waals surface area contributed by atoms with E-state index in [1.807, 2.05) is 0 Å². The fraction of sp³-hybridized carbons (Fsp3) is 0.250. The van der Waals surface area contributed by atoms with Gasteiger partial charge in [0.05, 0.1) is 0 Å². The highest BCUT2D eigenvalue weighted by Crippen LogP contribution is 2.06. The van der Waals surface area contributed by atoms with Gasteiger partial charge in [-0.05, 0) is 0 Å². The third-order valence-corrected chi connectivity index (χ3v) is 1.34. The van der Waals surface area contributed by atoms with Crippen LogP contribution in [0.5, 0.6) is 0 Å². The van der Waals surface area contributed by atoms with E-state index in [9.17, 15) is 9.59 Å². The topological polar surface area (TPSA) is 92.4 Å². The molecule has 0 saturated heterocycles. The van der Waals surface area contributed by atoms with Gasteiger partial charge < -0.3 is 16.2 Å². The van der Waals surface area contributed by atoms with E-state index in [2.05, 4.69) is 18.5 Å². The maximum Gasteiger partial charge on any atom is 0.248 e. The van der Waals surface area contributed by atoms with E-state index in [0.29, 0.717) is 0 Å². The summed E-state index contributed by atoms with van der Waals surface area (Å²) in [7, 11) is 0. The van der Waals surface area contributed by atoms with Gasteiger partial charge in [-0.1, -0.05) is 13.2 Å². The molecule has 5 heteroatoms. The van der Waals surface area contributed by atoms with Crippen LogP contribution in [0.2, 0.25) is 0 Å². The van der Waals surface area contributed by atoms with Crippen molar-refractivity contribution >= 4 is 11.8 Å². The van der Waals surface area contributed by atoms with Crippen molar-refractivity contribution < 1.29 is 14.7 Å². The molecule has 0 spiro atoms. The predicted octanol–water partition coefficient (Wildman–Crippen LogP) is -0.960. The molecule has 0 fully saturated rings. The number of carbonyl (C=O) groups excluding carboxylic acids is 2. The number of nitrogens with one attached hydrogen (secondary N) is 1. The van der Waals surface area contributed by atoms with Crippen LogP contribution in [-0.4, -0.2) is 23.7 Å². The van der Waals surface area contributed by atoms with Crippen molar-refractivity contribution in [2.75, 3.05) is 6.73 Å². The van der Waals surface area contributed by atoms with Gasteiger partial charge in [0.1, 0.15) is 6.73 Å². The van der Waals surface area contributed by atoms with E-state index in [-0.39, 0.29) is 17.6 Å². The van der Waals surface area contributed by atoms with Crippen LogP contribution >= 0.6 is 0 Å². The van der Waals surface area contributed by atoms with Crippen molar-refractivity contribution in [1.82, 2.24) is 5.32 Å². The summed E-state index contributed by atoms with van der Waals surface area (Å²) in [6.07, 6.45) is 0.0150. The van der Waals surface area contributed by atoms with Crippen LogP contribution in [-0.2, 0) is 9.59 Å². The number of amides is 2. The second-order valence-electron chi connectivity index (χ2n) is 2.41. The van der Waals surface area contributed by atoms with Gasteiger partial charge in [0.15, 0.2) is 0 Å². The summed E-state index contributed by atoms with van der Waals surface area (Å²) in [6.45, 7) is 6.29. The summed E-state index contributed by atoms with van der Waals surface area (Å²) in [5, 5.41) is 10.5. The molecule has 0 aliphatic heterocycles. The van der Waals surface area contributed by atoms with E-state index in [0.717, 1.165) is 0 Å². The summed E-state index contributed by atoms with van der Waals surface area (Å²) in [5.74, 6) is -1.19. The van der Waals surface area contributed by atoms with Crippen molar-refractivity contribution in [2.24, 2.45) is 5.73 Å². The number of carbonyl (C=O) groups is 2. The third kappa shape index (κ3) is 4.07. The van der Waals surface area contributed by atoms with Gasteiger partial charge in [0.25, 0.3) is 0 Å². The molecule has 0 aliphatic rings. The molecule has 0 unspecified atom stereocenters. The number of hydrogen-bond donors (Lipinski definition) is 3. The number of primary amides is 1. The Bertz CT molecular complexity index is 258. The Balaban J connectivity index is 4.08. The fourth-order valence-electron chi connectivity index (χ4n) is 0.622. The van der Waals surface area contributed by atoms with E-state index >= 15 is 0 Å². The molecule has 5 nitrogen and oxygen atoms in total. The molecule has 0 aromatic carbocycles. The standard InChI is InChI=1S/C8H12N2O3/c1-5(7(9)12)3-6(2)8(13)10-4-11/h11H,1-4H2,(H2,9,12)(H,10,13). The average Bonchev–Trinajstić information content (AvgIpc) is 2.04. The second-order valence-corrected chi connectivity index (χ2v) is 2.41. The first-order valence-corrected chi connectivity index (χ1v) is 3.53. The van der Waals surface area contributed by atoms with E-state index in [4.69, 9.17) is 10.8 Å². The summed E-state index contributed by atoms with van der Waals surface area (Å²) in [4.78, 5) is 21.5. The molecular formula is C8H12N2O3. The third-order valence-electron chi connectivity index (χ3n) is 1.34. The highest BCUT2D eigenvalue weighted by molar-refractivity contribution is 5.97. The quantitative estimate of drug-likeness (QED) is 0.379. The summed E-state index contributed by atoms with van der Waals surface area (Å²) in [6, 6.07) is 0. The van der Waals surface area contributed by atoms with Crippen LogP contribution in [0.3, 0.4) is 0 Å². The maximum absolute atomic E-state index is 10.9. The fourth-order valence-corrected chi connectivity index (χ4v) is 0.622. The monoisotopic (exact) mass is 184 g/mol. The number of aliphatic hydroxyl groups excluding tert-OH is 1. The molecule has 0 aromatic heterocycles. The van der Waals surface area contributed by atoms with Gasteiger partial charge in [-0.25, -0.2) is 0 Å². The normalized spacial score (nSPS) is 9.00. The summed E-state index contributed by atoms with van der Waals surface area (Å²) < 4.78 is 0. The molecule has 0 atom stereocenters. The summed E-state index contributed by atoms with van der Waals surface area (Å²) >= 11 is 0. The molecule has 4 N–H and O–H groups in total. The Labute approximate surface area is 75.9 Å². The second kappa shape index (κ2) is 5.10. The number of hydrogen-bond acceptors (Lipinski definition) is 3. The largest absolute Gasteiger partial charge is 0.376 e. The zero-order valence-corrected chi connectivity index (χ0v) is 7.17. The van der Waals surface area contributed by atoms with E-state index < -0.39 is 18.5 Å².